The standard InChI is InChI=1S/C23H24N11O8P2/c1-9-18-13(41-23(9)34-8-28-16-19(24)25-6-26-21(16)34)5-40-43(36)39-4-11-10(3-38-44(37)42-18)2-12(11)33-7-27-15-17(35)14-20(29-22(15)33)31-32-30-14/h6-14,18,23H,2-5H2,1H3,(H2-,24,25,26,29,30,31,35)/q+1/p+1/t9-,10-,11-,12-,13-,14?,18+,23-/m1/s1. The third kappa shape index (κ3) is 4.46. The van der Waals surface area contributed by atoms with Gasteiger partial charge in [-0.2, -0.15) is 5.11 Å². The minimum Gasteiger partial charge on any atom is -0.382 e. The fraction of sp³-hybridized carbons (Fsp3) is 0.565. The number of ketones is 1. The van der Waals surface area contributed by atoms with Crippen LogP contribution in [-0.4, -0.2) is 78.8 Å². The van der Waals surface area contributed by atoms with Crippen LogP contribution < -0.4 is 11.2 Å². The lowest BCUT2D eigenvalue weighted by atomic mass is 9.70. The van der Waals surface area contributed by atoms with Gasteiger partial charge in [0, 0.05) is 27.0 Å². The maximum absolute atomic E-state index is 13.1. The van der Waals surface area contributed by atoms with Crippen molar-refractivity contribution in [2.75, 3.05) is 25.6 Å². The van der Waals surface area contributed by atoms with Gasteiger partial charge in [0.1, 0.15) is 44.0 Å². The highest BCUT2D eigenvalue weighted by molar-refractivity contribution is 7.33. The second-order valence-electron chi connectivity index (χ2n) is 11.1. The molecule has 44 heavy (non-hydrogen) atoms. The van der Waals surface area contributed by atoms with Crippen LogP contribution in [0.25, 0.3) is 11.2 Å². The Morgan fingerprint density at radius 1 is 1.02 bits per heavy atom. The normalized spacial score (nSPS) is 35.3. The first-order valence-electron chi connectivity index (χ1n) is 13.8. The minimum atomic E-state index is -2.55. The molecule has 19 nitrogen and oxygen atoms in total. The Bertz CT molecular complexity index is 1760. The first-order valence-corrected chi connectivity index (χ1v) is 16.0. The number of amidine groups is 1. The number of hydrogen-bond donors (Lipinski definition) is 2. The highest BCUT2D eigenvalue weighted by Crippen LogP contribution is 2.50. The largest absolute Gasteiger partial charge is 0.697 e. The highest BCUT2D eigenvalue weighted by atomic mass is 31.1. The molecule has 0 aromatic carbocycles. The van der Waals surface area contributed by atoms with Gasteiger partial charge in [0.25, 0.3) is 0 Å². The Morgan fingerprint density at radius 3 is 2.73 bits per heavy atom. The molecular weight excluding hydrogens is 620 g/mol. The molecule has 0 bridgehead atoms. The fourth-order valence-corrected chi connectivity index (χ4v) is 7.88. The van der Waals surface area contributed by atoms with E-state index in [1.807, 2.05) is 6.92 Å². The van der Waals surface area contributed by atoms with Crippen LogP contribution in [0.15, 0.2) is 34.3 Å². The van der Waals surface area contributed by atoms with E-state index in [9.17, 15) is 13.9 Å². The molecule has 8 rings (SSSR count). The molecule has 1 aliphatic carbocycles. The molecule has 7 heterocycles. The number of nitrogen functional groups attached to an aromatic ring is 1. The number of carbonyl (C=O) groups excluding carboxylic acids is 1. The average molecular weight is 645 g/mol. The number of hydrogen-bond acceptors (Lipinski definition) is 17. The third-order valence-electron chi connectivity index (χ3n) is 8.70. The molecule has 21 heteroatoms. The van der Waals surface area contributed by atoms with Crippen LogP contribution in [-0.2, 0) is 32.0 Å². The number of aromatic nitrogens is 6. The van der Waals surface area contributed by atoms with Crippen molar-refractivity contribution < 1.29 is 36.8 Å². The Balaban J connectivity index is 0.998. The van der Waals surface area contributed by atoms with Crippen LogP contribution in [0.2, 0.25) is 0 Å². The van der Waals surface area contributed by atoms with Gasteiger partial charge in [-0.25, -0.2) is 30.4 Å². The number of nitrogens with two attached hydrogens (primary N) is 1. The summed E-state index contributed by atoms with van der Waals surface area (Å²) in [5.41, 5.74) is 9.68. The highest BCUT2D eigenvalue weighted by Gasteiger charge is 2.53. The van der Waals surface area contributed by atoms with Crippen molar-refractivity contribution in [2.24, 2.45) is 33.1 Å². The van der Waals surface area contributed by atoms with Gasteiger partial charge >= 0.3 is 16.5 Å². The lowest BCUT2D eigenvalue weighted by molar-refractivity contribution is -0.0383. The molecule has 3 aromatic rings. The summed E-state index contributed by atoms with van der Waals surface area (Å²) in [7, 11) is -5.10. The number of Topliss-reactive ketones (excluding diaryl/α,β-unsaturated/α-hetero) is 1. The first kappa shape index (κ1) is 27.8. The molecule has 5 aliphatic rings. The number of aliphatic imine (C=N–C) groups is 1. The van der Waals surface area contributed by atoms with Gasteiger partial charge < -0.3 is 15.0 Å². The van der Waals surface area contributed by atoms with Crippen molar-refractivity contribution in [1.29, 1.82) is 0 Å². The van der Waals surface area contributed by atoms with Crippen molar-refractivity contribution in [3.8, 4) is 0 Å². The summed E-state index contributed by atoms with van der Waals surface area (Å²) in [5.74, 6) is -0.0685. The maximum Gasteiger partial charge on any atom is 0.697 e. The number of rotatable bonds is 2. The molecule has 3 fully saturated rings. The van der Waals surface area contributed by atoms with Gasteiger partial charge in [-0.3, -0.25) is 9.36 Å². The molecule has 3 unspecified atom stereocenters. The Morgan fingerprint density at radius 2 is 1.84 bits per heavy atom. The van der Waals surface area contributed by atoms with Gasteiger partial charge in [0.2, 0.25) is 5.78 Å². The molecule has 1 saturated carbocycles. The van der Waals surface area contributed by atoms with Crippen molar-refractivity contribution in [1.82, 2.24) is 34.5 Å². The molecule has 0 radical (unpaired) electrons. The lowest BCUT2D eigenvalue weighted by Gasteiger charge is -2.43. The predicted molar refractivity (Wildman–Crippen MR) is 147 cm³/mol. The van der Waals surface area contributed by atoms with E-state index in [0.29, 0.717) is 29.2 Å². The van der Waals surface area contributed by atoms with Crippen LogP contribution in [0, 0.1) is 17.8 Å². The Labute approximate surface area is 249 Å². The average Bonchev–Trinajstić information content (AvgIpc) is 3.79. The number of carbonyl (C=O) groups is 1. The van der Waals surface area contributed by atoms with Crippen molar-refractivity contribution in [2.45, 2.75) is 43.9 Å². The van der Waals surface area contributed by atoms with Crippen molar-refractivity contribution in [3.63, 3.8) is 0 Å². The van der Waals surface area contributed by atoms with Crippen LogP contribution in [0.1, 0.15) is 36.1 Å². The zero-order valence-corrected chi connectivity index (χ0v) is 24.7. The van der Waals surface area contributed by atoms with E-state index < -0.39 is 41.0 Å². The molecule has 228 valence electrons. The monoisotopic (exact) mass is 645 g/mol. The molecule has 3 aromatic heterocycles. The molecule has 0 spiro atoms. The van der Waals surface area contributed by atoms with E-state index in [-0.39, 0.29) is 60.9 Å². The zero-order chi connectivity index (χ0) is 30.1. The van der Waals surface area contributed by atoms with Crippen LogP contribution >= 0.6 is 16.5 Å². The van der Waals surface area contributed by atoms with E-state index in [2.05, 4.69) is 40.7 Å². The van der Waals surface area contributed by atoms with Gasteiger partial charge in [-0.15, -0.1) is 18.1 Å². The topological polar surface area (TPSA) is 234 Å². The third-order valence-corrected chi connectivity index (χ3v) is 10.2. The molecule has 0 amide bonds. The Hall–Kier alpha value is -3.70. The summed E-state index contributed by atoms with van der Waals surface area (Å²) in [5, 5.41) is 7.57. The second-order valence-corrected chi connectivity index (χ2v) is 12.9. The molecule has 2 saturated heterocycles. The minimum absolute atomic E-state index is 0.0463. The molecular formula is C23H25N11O8P2+2. The number of nitrogens with one attached hydrogen (secondary N) is 1. The molecule has 3 N–H and O–H groups in total. The van der Waals surface area contributed by atoms with Gasteiger partial charge in [-0.1, -0.05) is 12.1 Å². The van der Waals surface area contributed by atoms with E-state index in [1.54, 1.807) is 15.5 Å². The number of anilines is 1. The number of ether oxygens (including phenoxy) is 1. The summed E-state index contributed by atoms with van der Waals surface area (Å²) in [6.07, 6.45) is 2.86. The molecule has 10 atom stereocenters. The number of fused-ring (bicyclic) bond motifs is 5. The summed E-state index contributed by atoms with van der Waals surface area (Å²) >= 11 is 0. The summed E-state index contributed by atoms with van der Waals surface area (Å²) in [6, 6.07) is -1.02. The van der Waals surface area contributed by atoms with E-state index in [1.165, 1.54) is 12.7 Å². The number of nitrogens with zero attached hydrogens (tertiary/aromatic N) is 9. The van der Waals surface area contributed by atoms with Crippen LogP contribution in [0.3, 0.4) is 0 Å². The predicted octanol–water partition coefficient (Wildman–Crippen LogP) is 2.34. The zero-order valence-electron chi connectivity index (χ0n) is 22.9. The van der Waals surface area contributed by atoms with Crippen molar-refractivity contribution in [3.05, 3.63) is 24.7 Å². The Kier molecular flexibility index (Phi) is 6.78. The van der Waals surface area contributed by atoms with E-state index in [4.69, 9.17) is 28.6 Å². The second kappa shape index (κ2) is 10.7. The molecule has 4 aliphatic heterocycles. The summed E-state index contributed by atoms with van der Waals surface area (Å²) in [4.78, 5) is 34.2. The van der Waals surface area contributed by atoms with Gasteiger partial charge in [0.15, 0.2) is 41.0 Å². The van der Waals surface area contributed by atoms with Crippen molar-refractivity contribution >= 4 is 50.9 Å². The summed E-state index contributed by atoms with van der Waals surface area (Å²) in [6.45, 7) is 1.84. The first-order chi connectivity index (χ1) is 21.4. The van der Waals surface area contributed by atoms with Crippen LogP contribution in [0.4, 0.5) is 11.6 Å². The summed E-state index contributed by atoms with van der Waals surface area (Å²) < 4.78 is 58.5. The number of imidazole rings is 2. The van der Waals surface area contributed by atoms with E-state index in [0.717, 1.165) is 0 Å². The fourth-order valence-electron chi connectivity index (χ4n) is 6.34. The van der Waals surface area contributed by atoms with Gasteiger partial charge in [0.05, 0.1) is 12.7 Å². The van der Waals surface area contributed by atoms with Gasteiger partial charge in [-0.05, 0) is 12.3 Å². The smallest absolute Gasteiger partial charge is 0.382 e. The van der Waals surface area contributed by atoms with Crippen LogP contribution in [0.5, 0.6) is 0 Å². The lowest BCUT2D eigenvalue weighted by Crippen LogP contribution is -2.43. The SMILES string of the molecule is C[C@@H]1[C@@H]2O[P+](=O)OC[C@H]3C[C@@H](n4cnc5c4N=C4NN=NC4C5=O)[C@@H]3CO[P+](=O)OC[C@H]2O[C@H]1n1cnc2c(N)ncnc21. The quantitative estimate of drug-likeness (QED) is 0.381. The maximum atomic E-state index is 13.1. The van der Waals surface area contributed by atoms with E-state index >= 15 is 0 Å².